The maximum atomic E-state index is 12.5. The number of aliphatic imine (C=N–C) groups is 2. The van der Waals surface area contributed by atoms with Crippen LogP contribution in [-0.4, -0.2) is 67.6 Å². The number of allylic oxidation sites excluding steroid dienone is 2. The monoisotopic (exact) mass is 464 g/mol. The molecule has 0 aromatic heterocycles. The van der Waals surface area contributed by atoms with Gasteiger partial charge in [-0.3, -0.25) is 9.98 Å². The van der Waals surface area contributed by atoms with Crippen LogP contribution in [0.25, 0.3) is 0 Å². The molecule has 0 saturated carbocycles. The van der Waals surface area contributed by atoms with E-state index in [2.05, 4.69) is 44.9 Å². The molecule has 0 bridgehead atoms. The Balaban J connectivity index is 3.40. The van der Waals surface area contributed by atoms with Gasteiger partial charge in [-0.2, -0.15) is 0 Å². The molecule has 0 spiro atoms. The van der Waals surface area contributed by atoms with Crippen LogP contribution in [0.1, 0.15) is 60.8 Å². The van der Waals surface area contributed by atoms with Crippen molar-refractivity contribution in [3.8, 4) is 0 Å². The van der Waals surface area contributed by atoms with E-state index in [0.29, 0.717) is 26.1 Å². The molecule has 1 aliphatic heterocycles. The molecule has 0 aliphatic carbocycles. The molecule has 32 heavy (non-hydrogen) atoms. The maximum Gasteiger partial charge on any atom is 0.154 e. The summed E-state index contributed by atoms with van der Waals surface area (Å²) in [6, 6.07) is -0.0403. The van der Waals surface area contributed by atoms with Crippen LogP contribution in [0.4, 0.5) is 0 Å². The van der Waals surface area contributed by atoms with Gasteiger partial charge in [-0.15, -0.1) is 6.58 Å². The fraction of sp³-hybridized carbons (Fsp3) is 0.680. The molecule has 0 aromatic carbocycles. The number of hydrogen-bond acceptors (Lipinski definition) is 6. The summed E-state index contributed by atoms with van der Waals surface area (Å²) in [5.74, 6) is 1.27. The van der Waals surface area contributed by atoms with Gasteiger partial charge in [0.2, 0.25) is 0 Å². The fourth-order valence-electron chi connectivity index (χ4n) is 3.43. The van der Waals surface area contributed by atoms with Crippen molar-refractivity contribution in [3.05, 3.63) is 36.5 Å². The minimum absolute atomic E-state index is 0.0152. The molecule has 0 amide bonds. The minimum Gasteiger partial charge on any atom is -0.359 e. The number of amidine groups is 1. The summed E-state index contributed by atoms with van der Waals surface area (Å²) in [6.45, 7) is 21.4. The van der Waals surface area contributed by atoms with Gasteiger partial charge in [0.05, 0.1) is 23.6 Å². The second kappa shape index (κ2) is 13.1. The Morgan fingerprint density at radius 1 is 1.31 bits per heavy atom. The van der Waals surface area contributed by atoms with Crippen molar-refractivity contribution >= 4 is 21.4 Å². The van der Waals surface area contributed by atoms with E-state index in [9.17, 15) is 8.42 Å². The zero-order valence-corrected chi connectivity index (χ0v) is 21.8. The average Bonchev–Trinajstić information content (AvgIpc) is 2.71. The van der Waals surface area contributed by atoms with Crippen molar-refractivity contribution in [2.75, 3.05) is 25.4 Å². The van der Waals surface area contributed by atoms with Crippen LogP contribution < -0.4 is 5.73 Å². The SMILES string of the molecule is C=CCCN(CCS(=O)(=O)C(C)C)C1=NC(C(C)C)/C(=C\C(=C)C)C(=NCC(N)CC)C1. The Labute approximate surface area is 196 Å². The standard InChI is InChI=1S/C25H44N4O2S/c1-9-11-12-29(13-14-32(30,31)20(7)8)24-16-23(27-17-21(26)10-2)22(15-18(3)4)25(28-24)19(5)6/h9,15,19-21,25H,1,3,10-14,16-17,26H2,2,4-8H3/b22-15-,27-23?. The van der Waals surface area contributed by atoms with Crippen molar-refractivity contribution in [1.29, 1.82) is 0 Å². The van der Waals surface area contributed by atoms with Gasteiger partial charge in [-0.05, 0) is 45.1 Å². The summed E-state index contributed by atoms with van der Waals surface area (Å²) in [5.41, 5.74) is 9.19. The topological polar surface area (TPSA) is 88.1 Å². The largest absolute Gasteiger partial charge is 0.359 e. The summed E-state index contributed by atoms with van der Waals surface area (Å²) < 4.78 is 24.9. The predicted molar refractivity (Wildman–Crippen MR) is 139 cm³/mol. The van der Waals surface area contributed by atoms with E-state index in [1.807, 2.05) is 13.0 Å². The number of sulfone groups is 1. The van der Waals surface area contributed by atoms with Gasteiger partial charge in [-0.25, -0.2) is 8.42 Å². The summed E-state index contributed by atoms with van der Waals surface area (Å²) in [5, 5.41) is -0.391. The third-order valence-electron chi connectivity index (χ3n) is 5.67. The van der Waals surface area contributed by atoms with Crippen LogP contribution >= 0.6 is 0 Å². The molecule has 1 aliphatic rings. The second-order valence-electron chi connectivity index (χ2n) is 9.29. The molecule has 6 nitrogen and oxygen atoms in total. The Kier molecular flexibility index (Phi) is 11.6. The first kappa shape index (κ1) is 28.3. The highest BCUT2D eigenvalue weighted by atomic mass is 32.2. The Morgan fingerprint density at radius 3 is 2.47 bits per heavy atom. The van der Waals surface area contributed by atoms with E-state index < -0.39 is 15.1 Å². The molecule has 2 N–H and O–H groups in total. The average molecular weight is 465 g/mol. The molecule has 0 radical (unpaired) electrons. The van der Waals surface area contributed by atoms with Crippen LogP contribution in [0, 0.1) is 5.92 Å². The van der Waals surface area contributed by atoms with Crippen LogP contribution in [0.15, 0.2) is 46.4 Å². The lowest BCUT2D eigenvalue weighted by atomic mass is 9.87. The van der Waals surface area contributed by atoms with Crippen molar-refractivity contribution < 1.29 is 8.42 Å². The lowest BCUT2D eigenvalue weighted by molar-refractivity contribution is 0.430. The van der Waals surface area contributed by atoms with Crippen LogP contribution in [0.5, 0.6) is 0 Å². The van der Waals surface area contributed by atoms with Gasteiger partial charge in [0, 0.05) is 31.3 Å². The molecule has 0 saturated heterocycles. The highest BCUT2D eigenvalue weighted by molar-refractivity contribution is 7.92. The third-order valence-corrected chi connectivity index (χ3v) is 7.86. The molecule has 2 unspecified atom stereocenters. The van der Waals surface area contributed by atoms with Crippen molar-refractivity contribution in [1.82, 2.24) is 4.90 Å². The van der Waals surface area contributed by atoms with Crippen molar-refractivity contribution in [2.45, 2.75) is 78.1 Å². The molecule has 1 rings (SSSR count). The van der Waals surface area contributed by atoms with Gasteiger partial charge in [0.25, 0.3) is 0 Å². The van der Waals surface area contributed by atoms with Crippen molar-refractivity contribution in [3.63, 3.8) is 0 Å². The smallest absolute Gasteiger partial charge is 0.154 e. The summed E-state index contributed by atoms with van der Waals surface area (Å²) in [4.78, 5) is 12.1. The molecule has 2 atom stereocenters. The number of nitrogens with two attached hydrogens (primary N) is 1. The highest BCUT2D eigenvalue weighted by Crippen LogP contribution is 2.27. The lowest BCUT2D eigenvalue weighted by Crippen LogP contribution is -2.43. The molecule has 1 heterocycles. The van der Waals surface area contributed by atoms with Crippen LogP contribution in [0.2, 0.25) is 0 Å². The van der Waals surface area contributed by atoms with E-state index in [4.69, 9.17) is 15.7 Å². The van der Waals surface area contributed by atoms with E-state index in [0.717, 1.165) is 35.5 Å². The highest BCUT2D eigenvalue weighted by Gasteiger charge is 2.30. The molecule has 182 valence electrons. The maximum absolute atomic E-state index is 12.5. The minimum atomic E-state index is -3.14. The molecule has 0 aromatic rings. The summed E-state index contributed by atoms with van der Waals surface area (Å²) in [7, 11) is -3.14. The zero-order valence-electron chi connectivity index (χ0n) is 21.0. The van der Waals surface area contributed by atoms with E-state index in [-0.39, 0.29) is 23.8 Å². The Hall–Kier alpha value is -1.73. The van der Waals surface area contributed by atoms with Gasteiger partial charge in [0.1, 0.15) is 5.84 Å². The normalized spacial score (nSPS) is 20.7. The van der Waals surface area contributed by atoms with Gasteiger partial charge in [0.15, 0.2) is 9.84 Å². The van der Waals surface area contributed by atoms with Gasteiger partial charge < -0.3 is 10.6 Å². The first-order chi connectivity index (χ1) is 14.9. The quantitative estimate of drug-likeness (QED) is 0.439. The van der Waals surface area contributed by atoms with Crippen LogP contribution in [-0.2, 0) is 9.84 Å². The third kappa shape index (κ3) is 8.66. The Bertz CT molecular complexity index is 838. The second-order valence-corrected chi connectivity index (χ2v) is 12.0. The lowest BCUT2D eigenvalue weighted by Gasteiger charge is -2.34. The van der Waals surface area contributed by atoms with Crippen LogP contribution in [0.3, 0.4) is 0 Å². The molecular formula is C25H44N4O2S. The van der Waals surface area contributed by atoms with E-state index in [1.54, 1.807) is 13.8 Å². The summed E-state index contributed by atoms with van der Waals surface area (Å²) >= 11 is 0. The van der Waals surface area contributed by atoms with Crippen molar-refractivity contribution in [2.24, 2.45) is 21.6 Å². The molecule has 0 fully saturated rings. The first-order valence-corrected chi connectivity index (χ1v) is 13.4. The van der Waals surface area contributed by atoms with Gasteiger partial charge in [-0.1, -0.05) is 45.1 Å². The molecular weight excluding hydrogens is 420 g/mol. The molecule has 7 heteroatoms. The number of nitrogens with zero attached hydrogens (tertiary/aromatic N) is 3. The fourth-order valence-corrected chi connectivity index (χ4v) is 4.37. The Morgan fingerprint density at radius 2 is 1.97 bits per heavy atom. The number of rotatable bonds is 12. The van der Waals surface area contributed by atoms with E-state index in [1.165, 1.54) is 0 Å². The number of hydrogen-bond donors (Lipinski definition) is 1. The summed E-state index contributed by atoms with van der Waals surface area (Å²) in [6.07, 6.45) is 6.13. The first-order valence-electron chi connectivity index (χ1n) is 11.7. The van der Waals surface area contributed by atoms with E-state index >= 15 is 0 Å². The predicted octanol–water partition coefficient (Wildman–Crippen LogP) is 4.20. The zero-order chi connectivity index (χ0) is 24.5. The van der Waals surface area contributed by atoms with Gasteiger partial charge >= 0.3 is 0 Å².